The van der Waals surface area contributed by atoms with Crippen LogP contribution < -0.4 is 5.73 Å². The van der Waals surface area contributed by atoms with Crippen molar-refractivity contribution >= 4 is 17.2 Å². The smallest absolute Gasteiger partial charge is 0.239 e. The molecule has 0 aliphatic heterocycles. The molecule has 1 aromatic carbocycles. The molecule has 0 aliphatic carbocycles. The predicted octanol–water partition coefficient (Wildman–Crippen LogP) is 2.16. The third-order valence-corrected chi connectivity index (χ3v) is 4.16. The monoisotopic (exact) mass is 304 g/mol. The summed E-state index contributed by atoms with van der Waals surface area (Å²) in [5.74, 6) is -0.158. The lowest BCUT2D eigenvalue weighted by molar-refractivity contribution is -0.134. The number of amides is 1. The first kappa shape index (κ1) is 15.7. The molecule has 0 bridgehead atoms. The first-order valence-electron chi connectivity index (χ1n) is 6.87. The second kappa shape index (κ2) is 7.36. The van der Waals surface area contributed by atoms with Gasteiger partial charge in [0.25, 0.3) is 0 Å². The Kier molecular flexibility index (Phi) is 5.50. The van der Waals surface area contributed by atoms with Crippen molar-refractivity contribution in [1.29, 1.82) is 0 Å². The van der Waals surface area contributed by atoms with Crippen molar-refractivity contribution in [1.82, 2.24) is 4.90 Å². The van der Waals surface area contributed by atoms with E-state index in [0.717, 1.165) is 10.4 Å². The highest BCUT2D eigenvalue weighted by Crippen LogP contribution is 2.21. The summed E-state index contributed by atoms with van der Waals surface area (Å²) in [6.07, 6.45) is -0.684. The highest BCUT2D eigenvalue weighted by molar-refractivity contribution is 7.10. The Hall–Kier alpha value is -1.69. The number of nitrogens with two attached hydrogens (primary N) is 1. The molecular formula is C16H20N2O2S. The Morgan fingerprint density at radius 1 is 1.29 bits per heavy atom. The minimum Gasteiger partial charge on any atom is -0.386 e. The lowest BCUT2D eigenvalue weighted by Gasteiger charge is -2.26. The second-order valence-electron chi connectivity index (χ2n) is 5.02. The Balaban J connectivity index is 2.10. The number of benzene rings is 1. The van der Waals surface area contributed by atoms with E-state index in [0.29, 0.717) is 6.54 Å². The largest absolute Gasteiger partial charge is 0.386 e. The molecule has 0 saturated heterocycles. The van der Waals surface area contributed by atoms with E-state index >= 15 is 0 Å². The average molecular weight is 304 g/mol. The third kappa shape index (κ3) is 4.39. The van der Waals surface area contributed by atoms with Crippen molar-refractivity contribution in [3.63, 3.8) is 0 Å². The zero-order chi connectivity index (χ0) is 15.2. The van der Waals surface area contributed by atoms with E-state index in [1.807, 2.05) is 47.8 Å². The van der Waals surface area contributed by atoms with E-state index < -0.39 is 12.1 Å². The van der Waals surface area contributed by atoms with Crippen LogP contribution in [-0.4, -0.2) is 28.5 Å². The minimum atomic E-state index is -0.684. The van der Waals surface area contributed by atoms with Gasteiger partial charge in [-0.15, -0.1) is 11.3 Å². The zero-order valence-corrected chi connectivity index (χ0v) is 12.8. The molecular weight excluding hydrogens is 284 g/mol. The fraction of sp³-hybridized carbons (Fsp3) is 0.312. The predicted molar refractivity (Wildman–Crippen MR) is 84.8 cm³/mol. The van der Waals surface area contributed by atoms with Crippen LogP contribution in [-0.2, 0) is 11.3 Å². The summed E-state index contributed by atoms with van der Waals surface area (Å²) in [5.41, 5.74) is 6.73. The van der Waals surface area contributed by atoms with Gasteiger partial charge >= 0.3 is 0 Å². The van der Waals surface area contributed by atoms with Crippen LogP contribution in [0.1, 0.15) is 23.5 Å². The normalized spacial score (nSPS) is 13.7. The molecule has 0 fully saturated rings. The molecule has 1 amide bonds. The van der Waals surface area contributed by atoms with E-state index in [4.69, 9.17) is 5.73 Å². The summed E-state index contributed by atoms with van der Waals surface area (Å²) in [5, 5.41) is 12.2. The molecule has 1 aromatic heterocycles. The molecule has 0 aliphatic rings. The van der Waals surface area contributed by atoms with Gasteiger partial charge in [0.2, 0.25) is 5.91 Å². The average Bonchev–Trinajstić information content (AvgIpc) is 3.01. The molecule has 0 radical (unpaired) electrons. The van der Waals surface area contributed by atoms with Gasteiger partial charge in [0.1, 0.15) is 6.10 Å². The lowest BCUT2D eigenvalue weighted by atomic mass is 10.1. The first-order valence-corrected chi connectivity index (χ1v) is 7.75. The van der Waals surface area contributed by atoms with E-state index in [-0.39, 0.29) is 12.5 Å². The second-order valence-corrected chi connectivity index (χ2v) is 6.00. The summed E-state index contributed by atoms with van der Waals surface area (Å²) >= 11 is 1.48. The van der Waals surface area contributed by atoms with Crippen LogP contribution in [0.15, 0.2) is 47.8 Å². The van der Waals surface area contributed by atoms with Gasteiger partial charge < -0.3 is 15.7 Å². The summed E-state index contributed by atoms with van der Waals surface area (Å²) in [7, 11) is 0. The molecule has 2 atom stereocenters. The van der Waals surface area contributed by atoms with Gasteiger partial charge in [0.05, 0.1) is 12.6 Å². The quantitative estimate of drug-likeness (QED) is 0.859. The van der Waals surface area contributed by atoms with Gasteiger partial charge in [-0.25, -0.2) is 0 Å². The standard InChI is InChI=1S/C16H20N2O2S/c1-12(17)16(20)18(10-13-6-3-2-4-7-13)11-14(19)15-8-5-9-21-15/h2-9,12,14,19H,10-11,17H2,1H3/t12-,14?/m0/s1. The molecule has 0 saturated carbocycles. The van der Waals surface area contributed by atoms with E-state index in [1.54, 1.807) is 11.8 Å². The maximum Gasteiger partial charge on any atom is 0.239 e. The molecule has 1 unspecified atom stereocenters. The summed E-state index contributed by atoms with van der Waals surface area (Å²) < 4.78 is 0. The van der Waals surface area contributed by atoms with Crippen LogP contribution in [0.2, 0.25) is 0 Å². The summed E-state index contributed by atoms with van der Waals surface area (Å²) in [6.45, 7) is 2.36. The minimum absolute atomic E-state index is 0.158. The number of hydrogen-bond donors (Lipinski definition) is 2. The summed E-state index contributed by atoms with van der Waals surface area (Å²) in [4.78, 5) is 14.7. The molecule has 3 N–H and O–H groups in total. The van der Waals surface area contributed by atoms with Gasteiger partial charge in [0, 0.05) is 11.4 Å². The highest BCUT2D eigenvalue weighted by atomic mass is 32.1. The van der Waals surface area contributed by atoms with Crippen molar-refractivity contribution < 1.29 is 9.90 Å². The maximum absolute atomic E-state index is 12.2. The number of nitrogens with zero attached hydrogens (tertiary/aromatic N) is 1. The molecule has 1 heterocycles. The Bertz CT molecular complexity index is 555. The van der Waals surface area contributed by atoms with Crippen molar-refractivity contribution in [2.24, 2.45) is 5.73 Å². The third-order valence-electron chi connectivity index (χ3n) is 3.18. The van der Waals surface area contributed by atoms with E-state index in [1.165, 1.54) is 11.3 Å². The maximum atomic E-state index is 12.2. The zero-order valence-electron chi connectivity index (χ0n) is 12.0. The number of carbonyl (C=O) groups is 1. The number of aliphatic hydroxyl groups excluding tert-OH is 1. The van der Waals surface area contributed by atoms with Crippen molar-refractivity contribution in [2.45, 2.75) is 25.6 Å². The van der Waals surface area contributed by atoms with E-state index in [9.17, 15) is 9.90 Å². The van der Waals surface area contributed by atoms with Gasteiger partial charge in [-0.2, -0.15) is 0 Å². The van der Waals surface area contributed by atoms with Gasteiger partial charge in [-0.05, 0) is 23.9 Å². The molecule has 2 aromatic rings. The van der Waals surface area contributed by atoms with Crippen LogP contribution in [0.3, 0.4) is 0 Å². The molecule has 4 nitrogen and oxygen atoms in total. The highest BCUT2D eigenvalue weighted by Gasteiger charge is 2.22. The number of rotatable bonds is 6. The molecule has 21 heavy (non-hydrogen) atoms. The molecule has 112 valence electrons. The molecule has 0 spiro atoms. The van der Waals surface area contributed by atoms with Crippen molar-refractivity contribution in [3.8, 4) is 0 Å². The van der Waals surface area contributed by atoms with Crippen LogP contribution in [0.4, 0.5) is 0 Å². The lowest BCUT2D eigenvalue weighted by Crippen LogP contribution is -2.43. The van der Waals surface area contributed by atoms with Crippen molar-refractivity contribution in [2.75, 3.05) is 6.54 Å². The van der Waals surface area contributed by atoms with Gasteiger partial charge in [-0.1, -0.05) is 36.4 Å². The SMILES string of the molecule is C[C@H](N)C(=O)N(Cc1ccccc1)CC(O)c1cccs1. The van der Waals surface area contributed by atoms with Crippen LogP contribution >= 0.6 is 11.3 Å². The number of carbonyl (C=O) groups excluding carboxylic acids is 1. The fourth-order valence-electron chi connectivity index (χ4n) is 2.10. The summed E-state index contributed by atoms with van der Waals surface area (Å²) in [6, 6.07) is 12.9. The number of aliphatic hydroxyl groups is 1. The molecule has 2 rings (SSSR count). The van der Waals surface area contributed by atoms with Gasteiger partial charge in [-0.3, -0.25) is 4.79 Å². The van der Waals surface area contributed by atoms with Crippen molar-refractivity contribution in [3.05, 3.63) is 58.3 Å². The number of thiophene rings is 1. The molecule has 5 heteroatoms. The van der Waals surface area contributed by atoms with Crippen LogP contribution in [0.25, 0.3) is 0 Å². The Labute approximate surface area is 128 Å². The topological polar surface area (TPSA) is 66.6 Å². The van der Waals surface area contributed by atoms with Crippen LogP contribution in [0, 0.1) is 0 Å². The first-order chi connectivity index (χ1) is 10.1. The van der Waals surface area contributed by atoms with E-state index in [2.05, 4.69) is 0 Å². The fourth-order valence-corrected chi connectivity index (χ4v) is 2.81. The van der Waals surface area contributed by atoms with Crippen LogP contribution in [0.5, 0.6) is 0 Å². The Morgan fingerprint density at radius 3 is 2.57 bits per heavy atom. The van der Waals surface area contributed by atoms with Gasteiger partial charge in [0.15, 0.2) is 0 Å². The Morgan fingerprint density at radius 2 is 2.00 bits per heavy atom. The number of hydrogen-bond acceptors (Lipinski definition) is 4.